The van der Waals surface area contributed by atoms with Crippen LogP contribution in [0.2, 0.25) is 0 Å². The number of Topliss-reactive ketones (excluding diaryl/α,β-unsaturated/α-hetero) is 1. The fourth-order valence-corrected chi connectivity index (χ4v) is 1.38. The number of nitrogens with one attached hydrogen (secondary N) is 1. The van der Waals surface area contributed by atoms with Crippen LogP contribution in [0.15, 0.2) is 24.3 Å². The number of hydrogen-bond donors (Lipinski definition) is 2. The summed E-state index contributed by atoms with van der Waals surface area (Å²) in [5.74, 6) is -2.52. The van der Waals surface area contributed by atoms with Crippen molar-refractivity contribution in [2.45, 2.75) is 20.3 Å². The highest BCUT2D eigenvalue weighted by Gasteiger charge is 2.12. The fraction of sp³-hybridized carbons (Fsp3) is 0.308. The number of ketones is 1. The molecule has 5 heteroatoms. The first-order valence-corrected chi connectivity index (χ1v) is 5.54. The van der Waals surface area contributed by atoms with E-state index in [0.29, 0.717) is 12.1 Å². The summed E-state index contributed by atoms with van der Waals surface area (Å²) in [6, 6.07) is 6.75. The number of carboxylic acid groups (broad SMARTS) is 1. The van der Waals surface area contributed by atoms with E-state index in [1.165, 1.54) is 6.92 Å². The molecule has 0 aliphatic carbocycles. The summed E-state index contributed by atoms with van der Waals surface area (Å²) in [6.45, 7) is 2.83. The lowest BCUT2D eigenvalue weighted by molar-refractivity contribution is -0.141. The minimum Gasteiger partial charge on any atom is -0.481 e. The quantitative estimate of drug-likeness (QED) is 0.774. The second-order valence-electron chi connectivity index (χ2n) is 4.15. The standard InChI is InChI=1S/C13H15NO4/c1-8(13(17)18)7-10-3-5-11(6-4-10)14-12(16)9(2)15/h3-6,8H,7H2,1-2H3,(H,14,16)(H,17,18). The van der Waals surface area contributed by atoms with Crippen LogP contribution in [-0.4, -0.2) is 22.8 Å². The van der Waals surface area contributed by atoms with E-state index in [2.05, 4.69) is 5.32 Å². The van der Waals surface area contributed by atoms with Crippen molar-refractivity contribution < 1.29 is 19.5 Å². The molecule has 1 aromatic rings. The molecule has 5 nitrogen and oxygen atoms in total. The van der Waals surface area contributed by atoms with Crippen LogP contribution in [0.4, 0.5) is 5.69 Å². The maximum atomic E-state index is 11.1. The van der Waals surface area contributed by atoms with Gasteiger partial charge in [-0.3, -0.25) is 14.4 Å². The highest BCUT2D eigenvalue weighted by Crippen LogP contribution is 2.13. The van der Waals surface area contributed by atoms with E-state index >= 15 is 0 Å². The molecule has 0 bridgehead atoms. The van der Waals surface area contributed by atoms with Crippen LogP contribution < -0.4 is 5.32 Å². The Balaban J connectivity index is 2.66. The van der Waals surface area contributed by atoms with Gasteiger partial charge >= 0.3 is 5.97 Å². The van der Waals surface area contributed by atoms with Gasteiger partial charge in [0.05, 0.1) is 5.92 Å². The third-order valence-electron chi connectivity index (χ3n) is 2.50. The van der Waals surface area contributed by atoms with Crippen molar-refractivity contribution in [2.24, 2.45) is 5.92 Å². The normalized spacial score (nSPS) is 11.7. The van der Waals surface area contributed by atoms with Gasteiger partial charge in [-0.25, -0.2) is 0 Å². The van der Waals surface area contributed by atoms with Crippen molar-refractivity contribution >= 4 is 23.3 Å². The zero-order valence-electron chi connectivity index (χ0n) is 10.3. The summed E-state index contributed by atoms with van der Waals surface area (Å²) in [6.07, 6.45) is 0.427. The summed E-state index contributed by atoms with van der Waals surface area (Å²) in [4.78, 5) is 32.6. The number of carbonyl (C=O) groups is 3. The van der Waals surface area contributed by atoms with E-state index in [4.69, 9.17) is 5.11 Å². The van der Waals surface area contributed by atoms with E-state index in [-0.39, 0.29) is 0 Å². The lowest BCUT2D eigenvalue weighted by atomic mass is 10.0. The number of hydrogen-bond acceptors (Lipinski definition) is 3. The largest absolute Gasteiger partial charge is 0.481 e. The van der Waals surface area contributed by atoms with Gasteiger partial charge in [0.2, 0.25) is 5.78 Å². The van der Waals surface area contributed by atoms with Crippen molar-refractivity contribution in [2.75, 3.05) is 5.32 Å². The molecule has 0 heterocycles. The van der Waals surface area contributed by atoms with Gasteiger partial charge in [-0.15, -0.1) is 0 Å². The van der Waals surface area contributed by atoms with E-state index < -0.39 is 23.6 Å². The Bertz CT molecular complexity index is 464. The van der Waals surface area contributed by atoms with Crippen molar-refractivity contribution in [1.82, 2.24) is 0 Å². The van der Waals surface area contributed by atoms with Crippen LogP contribution in [0.1, 0.15) is 19.4 Å². The third kappa shape index (κ3) is 4.01. The smallest absolute Gasteiger partial charge is 0.306 e. The van der Waals surface area contributed by atoms with Crippen LogP contribution in [0.5, 0.6) is 0 Å². The zero-order valence-corrected chi connectivity index (χ0v) is 10.3. The SMILES string of the molecule is CC(=O)C(=O)Nc1ccc(CC(C)C(=O)O)cc1. The minimum atomic E-state index is -0.844. The van der Waals surface area contributed by atoms with Crippen molar-refractivity contribution in [1.29, 1.82) is 0 Å². The number of benzene rings is 1. The molecule has 0 radical (unpaired) electrons. The average Bonchev–Trinajstić information content (AvgIpc) is 2.31. The Morgan fingerprint density at radius 2 is 1.78 bits per heavy atom. The Kier molecular flexibility index (Phi) is 4.59. The first-order chi connectivity index (χ1) is 8.40. The first kappa shape index (κ1) is 13.9. The maximum Gasteiger partial charge on any atom is 0.306 e. The van der Waals surface area contributed by atoms with E-state index in [1.54, 1.807) is 31.2 Å². The number of anilines is 1. The summed E-state index contributed by atoms with van der Waals surface area (Å²) in [5.41, 5.74) is 1.38. The molecular formula is C13H15NO4. The van der Waals surface area contributed by atoms with Crippen LogP contribution in [0.25, 0.3) is 0 Å². The average molecular weight is 249 g/mol. The van der Waals surface area contributed by atoms with Gasteiger partial charge in [0, 0.05) is 12.6 Å². The lowest BCUT2D eigenvalue weighted by Gasteiger charge is -2.07. The van der Waals surface area contributed by atoms with Gasteiger partial charge in [-0.05, 0) is 24.1 Å². The summed E-state index contributed by atoms with van der Waals surface area (Å²) in [7, 11) is 0. The Labute approximate surface area is 105 Å². The molecule has 1 aromatic carbocycles. The third-order valence-corrected chi connectivity index (χ3v) is 2.50. The van der Waals surface area contributed by atoms with Crippen LogP contribution in [0.3, 0.4) is 0 Å². The van der Waals surface area contributed by atoms with Crippen LogP contribution in [-0.2, 0) is 20.8 Å². The second-order valence-corrected chi connectivity index (χ2v) is 4.15. The summed E-state index contributed by atoms with van der Waals surface area (Å²) >= 11 is 0. The van der Waals surface area contributed by atoms with Crippen LogP contribution in [0, 0.1) is 5.92 Å². The number of carbonyl (C=O) groups excluding carboxylic acids is 2. The Hall–Kier alpha value is -2.17. The van der Waals surface area contributed by atoms with E-state index in [1.807, 2.05) is 0 Å². The summed E-state index contributed by atoms with van der Waals surface area (Å²) in [5, 5.41) is 11.2. The number of amides is 1. The molecule has 0 spiro atoms. The first-order valence-electron chi connectivity index (χ1n) is 5.54. The molecule has 0 aromatic heterocycles. The molecule has 0 fully saturated rings. The minimum absolute atomic E-state index is 0.427. The second kappa shape index (κ2) is 5.95. The molecule has 1 unspecified atom stereocenters. The number of carboxylic acids is 1. The monoisotopic (exact) mass is 249 g/mol. The van der Waals surface area contributed by atoms with Gasteiger partial charge in [-0.2, -0.15) is 0 Å². The topological polar surface area (TPSA) is 83.5 Å². The van der Waals surface area contributed by atoms with E-state index in [0.717, 1.165) is 5.56 Å². The predicted octanol–water partition coefficient (Wildman–Crippen LogP) is 1.48. The van der Waals surface area contributed by atoms with Gasteiger partial charge in [0.1, 0.15) is 0 Å². The van der Waals surface area contributed by atoms with Crippen molar-refractivity contribution in [3.05, 3.63) is 29.8 Å². The molecule has 18 heavy (non-hydrogen) atoms. The van der Waals surface area contributed by atoms with Gasteiger partial charge in [0.25, 0.3) is 5.91 Å². The molecule has 1 amide bonds. The molecular weight excluding hydrogens is 234 g/mol. The molecule has 0 saturated heterocycles. The Morgan fingerprint density at radius 1 is 1.22 bits per heavy atom. The predicted molar refractivity (Wildman–Crippen MR) is 66.3 cm³/mol. The van der Waals surface area contributed by atoms with Gasteiger partial charge in [0.15, 0.2) is 0 Å². The lowest BCUT2D eigenvalue weighted by Crippen LogP contribution is -2.19. The number of rotatable bonds is 5. The molecule has 0 saturated carbocycles. The summed E-state index contributed by atoms with van der Waals surface area (Å²) < 4.78 is 0. The molecule has 1 atom stereocenters. The highest BCUT2D eigenvalue weighted by molar-refractivity contribution is 6.39. The van der Waals surface area contributed by atoms with Crippen molar-refractivity contribution in [3.8, 4) is 0 Å². The van der Waals surface area contributed by atoms with Gasteiger partial charge < -0.3 is 10.4 Å². The fourth-order valence-electron chi connectivity index (χ4n) is 1.38. The molecule has 1 rings (SSSR count). The molecule has 0 aliphatic rings. The van der Waals surface area contributed by atoms with Crippen molar-refractivity contribution in [3.63, 3.8) is 0 Å². The van der Waals surface area contributed by atoms with Crippen LogP contribution >= 0.6 is 0 Å². The molecule has 2 N–H and O–H groups in total. The Morgan fingerprint density at radius 3 is 2.22 bits per heavy atom. The zero-order chi connectivity index (χ0) is 13.7. The van der Waals surface area contributed by atoms with E-state index in [9.17, 15) is 14.4 Å². The van der Waals surface area contributed by atoms with Gasteiger partial charge in [-0.1, -0.05) is 19.1 Å². The molecule has 0 aliphatic heterocycles. The maximum absolute atomic E-state index is 11.1. The highest BCUT2D eigenvalue weighted by atomic mass is 16.4. The molecule has 96 valence electrons. The number of aliphatic carboxylic acids is 1.